The average Bonchev–Trinajstić information content (AvgIpc) is 2.65. The van der Waals surface area contributed by atoms with Gasteiger partial charge in [0.1, 0.15) is 0 Å². The van der Waals surface area contributed by atoms with Crippen LogP contribution in [0.2, 0.25) is 0 Å². The van der Waals surface area contributed by atoms with Crippen LogP contribution in [0.1, 0.15) is 23.8 Å². The second kappa shape index (κ2) is 6.02. The minimum absolute atomic E-state index is 0.0538. The van der Waals surface area contributed by atoms with Gasteiger partial charge in [0.2, 0.25) is 0 Å². The normalized spacial score (nSPS) is 10.3. The highest BCUT2D eigenvalue weighted by atomic mass is 16.5. The summed E-state index contributed by atoms with van der Waals surface area (Å²) in [6.45, 7) is 7.30. The maximum atomic E-state index is 10.5. The first-order valence-electron chi connectivity index (χ1n) is 4.95. The number of ether oxygens (including phenoxy) is 1. The SMILES string of the molecule is C=C(C)CCOCCn1cc(C(=O)O)nn1. The molecule has 0 saturated heterocycles. The average molecular weight is 225 g/mol. The molecule has 1 rings (SSSR count). The van der Waals surface area contributed by atoms with Crippen molar-refractivity contribution in [2.24, 2.45) is 0 Å². The van der Waals surface area contributed by atoms with Gasteiger partial charge in [0.25, 0.3) is 0 Å². The number of carbonyl (C=O) groups is 1. The van der Waals surface area contributed by atoms with E-state index in [2.05, 4.69) is 16.9 Å². The van der Waals surface area contributed by atoms with Crippen LogP contribution >= 0.6 is 0 Å². The largest absolute Gasteiger partial charge is 0.476 e. The number of nitrogens with zero attached hydrogens (tertiary/aromatic N) is 3. The smallest absolute Gasteiger partial charge is 0.358 e. The molecule has 16 heavy (non-hydrogen) atoms. The Kier molecular flexibility index (Phi) is 4.65. The Morgan fingerprint density at radius 3 is 2.94 bits per heavy atom. The second-order valence-electron chi connectivity index (χ2n) is 3.49. The van der Waals surface area contributed by atoms with E-state index < -0.39 is 5.97 Å². The van der Waals surface area contributed by atoms with E-state index in [9.17, 15) is 4.79 Å². The molecule has 0 saturated carbocycles. The molecule has 6 heteroatoms. The van der Waals surface area contributed by atoms with Crippen molar-refractivity contribution in [2.45, 2.75) is 19.9 Å². The van der Waals surface area contributed by atoms with Crippen LogP contribution in [0.4, 0.5) is 0 Å². The minimum Gasteiger partial charge on any atom is -0.476 e. The quantitative estimate of drug-likeness (QED) is 0.552. The summed E-state index contributed by atoms with van der Waals surface area (Å²) in [4.78, 5) is 10.5. The van der Waals surface area contributed by atoms with Crippen LogP contribution in [0.15, 0.2) is 18.3 Å². The third kappa shape index (κ3) is 4.22. The summed E-state index contributed by atoms with van der Waals surface area (Å²) in [7, 11) is 0. The van der Waals surface area contributed by atoms with Crippen molar-refractivity contribution >= 4 is 5.97 Å². The van der Waals surface area contributed by atoms with Gasteiger partial charge in [0.15, 0.2) is 5.69 Å². The predicted octanol–water partition coefficient (Wildman–Crippen LogP) is 0.959. The molecule has 1 N–H and O–H groups in total. The highest BCUT2D eigenvalue weighted by Gasteiger charge is 2.07. The molecule has 0 aromatic carbocycles. The molecular formula is C10H15N3O3. The summed E-state index contributed by atoms with van der Waals surface area (Å²) in [6, 6.07) is 0. The van der Waals surface area contributed by atoms with Gasteiger partial charge in [0, 0.05) is 0 Å². The summed E-state index contributed by atoms with van der Waals surface area (Å²) in [5, 5.41) is 15.8. The van der Waals surface area contributed by atoms with E-state index in [4.69, 9.17) is 9.84 Å². The fourth-order valence-corrected chi connectivity index (χ4v) is 1.01. The van der Waals surface area contributed by atoms with Crippen molar-refractivity contribution in [3.63, 3.8) is 0 Å². The zero-order chi connectivity index (χ0) is 12.0. The highest BCUT2D eigenvalue weighted by Crippen LogP contribution is 1.96. The molecule has 0 aliphatic carbocycles. The summed E-state index contributed by atoms with van der Waals surface area (Å²) in [6.07, 6.45) is 2.21. The first-order chi connectivity index (χ1) is 7.59. The Balaban J connectivity index is 2.21. The Hall–Kier alpha value is -1.69. The van der Waals surface area contributed by atoms with Crippen LogP contribution in [0.3, 0.4) is 0 Å². The molecule has 88 valence electrons. The number of carboxylic acid groups (broad SMARTS) is 1. The van der Waals surface area contributed by atoms with E-state index in [1.54, 1.807) is 0 Å². The molecule has 0 fully saturated rings. The van der Waals surface area contributed by atoms with Crippen molar-refractivity contribution < 1.29 is 14.6 Å². The number of rotatable bonds is 7. The zero-order valence-electron chi connectivity index (χ0n) is 9.22. The third-order valence-electron chi connectivity index (χ3n) is 1.90. The van der Waals surface area contributed by atoms with Crippen molar-refractivity contribution in [3.8, 4) is 0 Å². The van der Waals surface area contributed by atoms with Crippen LogP contribution < -0.4 is 0 Å². The van der Waals surface area contributed by atoms with Crippen LogP contribution in [0, 0.1) is 0 Å². The summed E-state index contributed by atoms with van der Waals surface area (Å²) < 4.78 is 6.77. The Morgan fingerprint density at radius 2 is 2.38 bits per heavy atom. The molecule has 0 aliphatic heterocycles. The Labute approximate surface area is 93.5 Å². The van der Waals surface area contributed by atoms with Crippen LogP contribution in [0.5, 0.6) is 0 Å². The van der Waals surface area contributed by atoms with Crippen molar-refractivity contribution in [2.75, 3.05) is 13.2 Å². The fourth-order valence-electron chi connectivity index (χ4n) is 1.01. The summed E-state index contributed by atoms with van der Waals surface area (Å²) >= 11 is 0. The van der Waals surface area contributed by atoms with E-state index in [0.717, 1.165) is 12.0 Å². The van der Waals surface area contributed by atoms with Crippen LogP contribution in [-0.2, 0) is 11.3 Å². The Bertz CT molecular complexity index is 373. The Morgan fingerprint density at radius 1 is 1.62 bits per heavy atom. The number of hydrogen-bond acceptors (Lipinski definition) is 4. The van der Waals surface area contributed by atoms with Gasteiger partial charge in [-0.05, 0) is 13.3 Å². The molecule has 0 bridgehead atoms. The van der Waals surface area contributed by atoms with E-state index in [1.807, 2.05) is 6.92 Å². The van der Waals surface area contributed by atoms with Gasteiger partial charge >= 0.3 is 5.97 Å². The van der Waals surface area contributed by atoms with Crippen LogP contribution in [0.25, 0.3) is 0 Å². The lowest BCUT2D eigenvalue weighted by Crippen LogP contribution is -2.07. The molecule has 0 unspecified atom stereocenters. The van der Waals surface area contributed by atoms with Crippen molar-refractivity contribution in [1.82, 2.24) is 15.0 Å². The maximum Gasteiger partial charge on any atom is 0.358 e. The standard InChI is InChI=1S/C10H15N3O3/c1-8(2)3-5-16-6-4-13-7-9(10(14)15)11-12-13/h7H,1,3-6H2,2H3,(H,14,15). The topological polar surface area (TPSA) is 77.2 Å². The molecule has 0 aliphatic rings. The van der Waals surface area contributed by atoms with Gasteiger partial charge in [-0.2, -0.15) is 0 Å². The lowest BCUT2D eigenvalue weighted by atomic mass is 10.3. The molecule has 0 spiro atoms. The molecular weight excluding hydrogens is 210 g/mol. The minimum atomic E-state index is -1.07. The van der Waals surface area contributed by atoms with Gasteiger partial charge in [-0.15, -0.1) is 11.7 Å². The monoisotopic (exact) mass is 225 g/mol. The van der Waals surface area contributed by atoms with E-state index in [-0.39, 0.29) is 5.69 Å². The van der Waals surface area contributed by atoms with Crippen molar-refractivity contribution in [1.29, 1.82) is 0 Å². The van der Waals surface area contributed by atoms with E-state index >= 15 is 0 Å². The molecule has 1 aromatic rings. The third-order valence-corrected chi connectivity index (χ3v) is 1.90. The maximum absolute atomic E-state index is 10.5. The van der Waals surface area contributed by atoms with Gasteiger partial charge in [-0.1, -0.05) is 10.8 Å². The lowest BCUT2D eigenvalue weighted by Gasteiger charge is -2.03. The molecule has 1 heterocycles. The molecule has 0 amide bonds. The number of aromatic carboxylic acids is 1. The van der Waals surface area contributed by atoms with Gasteiger partial charge < -0.3 is 9.84 Å². The van der Waals surface area contributed by atoms with Gasteiger partial charge in [-0.25, -0.2) is 9.48 Å². The van der Waals surface area contributed by atoms with Gasteiger partial charge in [0.05, 0.1) is 26.0 Å². The number of carboxylic acids is 1. The summed E-state index contributed by atoms with van der Waals surface area (Å²) in [5.74, 6) is -1.07. The fraction of sp³-hybridized carbons (Fsp3) is 0.500. The molecule has 1 aromatic heterocycles. The van der Waals surface area contributed by atoms with E-state index in [1.165, 1.54) is 10.9 Å². The van der Waals surface area contributed by atoms with Gasteiger partial charge in [-0.3, -0.25) is 0 Å². The highest BCUT2D eigenvalue weighted by molar-refractivity contribution is 5.84. The van der Waals surface area contributed by atoms with Crippen molar-refractivity contribution in [3.05, 3.63) is 24.0 Å². The first kappa shape index (κ1) is 12.4. The first-order valence-corrected chi connectivity index (χ1v) is 4.95. The summed E-state index contributed by atoms with van der Waals surface area (Å²) in [5.41, 5.74) is 1.02. The van der Waals surface area contributed by atoms with E-state index in [0.29, 0.717) is 19.8 Å². The molecule has 6 nitrogen and oxygen atoms in total. The van der Waals surface area contributed by atoms with Crippen LogP contribution in [-0.4, -0.2) is 39.3 Å². The predicted molar refractivity (Wildman–Crippen MR) is 57.2 cm³/mol. The lowest BCUT2D eigenvalue weighted by molar-refractivity contribution is 0.0690. The zero-order valence-corrected chi connectivity index (χ0v) is 9.22. The number of hydrogen-bond donors (Lipinski definition) is 1. The second-order valence-corrected chi connectivity index (χ2v) is 3.49. The molecule has 0 atom stereocenters. The number of aromatic nitrogens is 3. The molecule has 0 radical (unpaired) electrons.